The number of ether oxygens (including phenoxy) is 1. The van der Waals surface area contributed by atoms with Gasteiger partial charge in [-0.05, 0) is 25.1 Å². The van der Waals surface area contributed by atoms with Gasteiger partial charge in [0.2, 0.25) is 0 Å². The van der Waals surface area contributed by atoms with Crippen molar-refractivity contribution in [2.45, 2.75) is 6.92 Å². The molecule has 4 nitrogen and oxygen atoms in total. The molecule has 0 radical (unpaired) electrons. The lowest BCUT2D eigenvalue weighted by molar-refractivity contribution is 0.101. The van der Waals surface area contributed by atoms with Gasteiger partial charge in [-0.1, -0.05) is 41.7 Å². The van der Waals surface area contributed by atoms with Gasteiger partial charge in [0.25, 0.3) is 0 Å². The summed E-state index contributed by atoms with van der Waals surface area (Å²) in [6, 6.07) is 15.1. The zero-order valence-electron chi connectivity index (χ0n) is 12.2. The first-order valence-corrected chi connectivity index (χ1v) is 7.93. The highest BCUT2D eigenvalue weighted by molar-refractivity contribution is 7.22. The van der Waals surface area contributed by atoms with Crippen LogP contribution in [0.5, 0.6) is 5.75 Å². The van der Waals surface area contributed by atoms with Crippen molar-refractivity contribution in [1.82, 2.24) is 4.98 Å². The number of fused-ring (bicyclic) bond motifs is 1. The van der Waals surface area contributed by atoms with E-state index in [9.17, 15) is 4.79 Å². The fourth-order valence-corrected chi connectivity index (χ4v) is 3.01. The van der Waals surface area contributed by atoms with Crippen molar-refractivity contribution in [3.63, 3.8) is 0 Å². The molecule has 3 aromatic rings. The number of nitrogens with zero attached hydrogens (tertiary/aromatic N) is 1. The predicted molar refractivity (Wildman–Crippen MR) is 90.1 cm³/mol. The van der Waals surface area contributed by atoms with Crippen molar-refractivity contribution in [2.24, 2.45) is 0 Å². The lowest BCUT2D eigenvalue weighted by atomic mass is 10.1. The molecule has 0 aliphatic rings. The van der Waals surface area contributed by atoms with Crippen molar-refractivity contribution in [2.75, 3.05) is 18.5 Å². The molecule has 5 heteroatoms. The van der Waals surface area contributed by atoms with Crippen LogP contribution in [0.15, 0.2) is 48.5 Å². The Morgan fingerprint density at radius 2 is 2.05 bits per heavy atom. The first-order valence-electron chi connectivity index (χ1n) is 7.12. The van der Waals surface area contributed by atoms with E-state index >= 15 is 0 Å². The van der Waals surface area contributed by atoms with Crippen LogP contribution in [0.25, 0.3) is 10.2 Å². The summed E-state index contributed by atoms with van der Waals surface area (Å²) in [5.41, 5.74) is 1.61. The van der Waals surface area contributed by atoms with E-state index in [1.165, 1.54) is 11.3 Å². The fourth-order valence-electron chi connectivity index (χ4n) is 2.12. The monoisotopic (exact) mass is 312 g/mol. The highest BCUT2D eigenvalue weighted by atomic mass is 32.1. The number of carbonyl (C=O) groups excluding carboxylic acids is 1. The van der Waals surface area contributed by atoms with Gasteiger partial charge in [-0.2, -0.15) is 0 Å². The molecule has 0 atom stereocenters. The molecule has 0 unspecified atom stereocenters. The number of ketones is 1. The zero-order valence-corrected chi connectivity index (χ0v) is 13.0. The first-order chi connectivity index (χ1) is 10.8. The van der Waals surface area contributed by atoms with E-state index < -0.39 is 0 Å². The Morgan fingerprint density at radius 3 is 2.82 bits per heavy atom. The third-order valence-corrected chi connectivity index (χ3v) is 4.14. The summed E-state index contributed by atoms with van der Waals surface area (Å²) in [6.07, 6.45) is 0. The fraction of sp³-hybridized carbons (Fsp3) is 0.176. The maximum absolute atomic E-state index is 12.1. The minimum Gasteiger partial charge on any atom is -0.494 e. The lowest BCUT2D eigenvalue weighted by Crippen LogP contribution is -2.13. The Balaban J connectivity index is 1.70. The molecule has 22 heavy (non-hydrogen) atoms. The van der Waals surface area contributed by atoms with Gasteiger partial charge in [0.1, 0.15) is 5.75 Å². The quantitative estimate of drug-likeness (QED) is 0.699. The molecule has 0 saturated carbocycles. The van der Waals surface area contributed by atoms with Crippen LogP contribution in [0.2, 0.25) is 0 Å². The van der Waals surface area contributed by atoms with Crippen molar-refractivity contribution in [3.05, 3.63) is 54.1 Å². The first kappa shape index (κ1) is 14.5. The van der Waals surface area contributed by atoms with Gasteiger partial charge in [0.15, 0.2) is 10.9 Å². The zero-order chi connectivity index (χ0) is 15.4. The summed E-state index contributed by atoms with van der Waals surface area (Å²) in [4.78, 5) is 16.5. The Kier molecular flexibility index (Phi) is 4.34. The van der Waals surface area contributed by atoms with Crippen LogP contribution >= 0.6 is 11.3 Å². The Bertz CT molecular complexity index is 784. The second kappa shape index (κ2) is 6.58. The van der Waals surface area contributed by atoms with E-state index in [1.54, 1.807) is 0 Å². The average Bonchev–Trinajstić information content (AvgIpc) is 2.96. The third kappa shape index (κ3) is 3.26. The van der Waals surface area contributed by atoms with Gasteiger partial charge < -0.3 is 10.1 Å². The van der Waals surface area contributed by atoms with Crippen LogP contribution in [0, 0.1) is 0 Å². The smallest absolute Gasteiger partial charge is 0.184 e. The molecule has 0 amide bonds. The molecule has 3 rings (SSSR count). The number of nitrogens with one attached hydrogen (secondary N) is 1. The van der Waals surface area contributed by atoms with Gasteiger partial charge in [0.05, 0.1) is 23.4 Å². The van der Waals surface area contributed by atoms with E-state index in [4.69, 9.17) is 4.74 Å². The summed E-state index contributed by atoms with van der Waals surface area (Å²) in [5.74, 6) is 0.889. The van der Waals surface area contributed by atoms with Gasteiger partial charge in [-0.25, -0.2) is 4.98 Å². The molecule has 0 bridgehead atoms. The van der Waals surface area contributed by atoms with Gasteiger partial charge >= 0.3 is 0 Å². The topological polar surface area (TPSA) is 51.2 Å². The molecule has 0 saturated heterocycles. The van der Waals surface area contributed by atoms with E-state index in [-0.39, 0.29) is 12.3 Å². The van der Waals surface area contributed by atoms with Crippen LogP contribution in [-0.2, 0) is 0 Å². The number of Topliss-reactive ketones (excluding diaryl/α,β-unsaturated/α-hetero) is 1. The van der Waals surface area contributed by atoms with E-state index in [0.29, 0.717) is 12.2 Å². The lowest BCUT2D eigenvalue weighted by Gasteiger charge is -2.01. The van der Waals surface area contributed by atoms with Gasteiger partial charge in [-0.3, -0.25) is 4.79 Å². The number of hydrogen-bond acceptors (Lipinski definition) is 5. The van der Waals surface area contributed by atoms with Crippen molar-refractivity contribution < 1.29 is 9.53 Å². The molecule has 1 N–H and O–H groups in total. The molecule has 2 aromatic carbocycles. The number of benzene rings is 2. The normalized spacial score (nSPS) is 10.6. The number of anilines is 1. The van der Waals surface area contributed by atoms with Crippen LogP contribution in [0.1, 0.15) is 17.3 Å². The number of aromatic nitrogens is 1. The summed E-state index contributed by atoms with van der Waals surface area (Å²) in [7, 11) is 0. The SMILES string of the molecule is CCOc1ccc2nc(NCC(=O)c3ccccc3)sc2c1. The molecule has 1 heterocycles. The predicted octanol–water partition coefficient (Wildman–Crippen LogP) is 3.99. The minimum atomic E-state index is 0.0508. The van der Waals surface area contributed by atoms with E-state index in [2.05, 4.69) is 10.3 Å². The average molecular weight is 312 g/mol. The van der Waals surface area contributed by atoms with Crippen LogP contribution in [0.4, 0.5) is 5.13 Å². The summed E-state index contributed by atoms with van der Waals surface area (Å²) < 4.78 is 6.53. The Labute approximate surface area is 132 Å². The van der Waals surface area contributed by atoms with Gasteiger partial charge in [0, 0.05) is 5.56 Å². The molecule has 0 fully saturated rings. The highest BCUT2D eigenvalue weighted by Gasteiger charge is 2.08. The van der Waals surface area contributed by atoms with Crippen molar-refractivity contribution in [3.8, 4) is 5.75 Å². The van der Waals surface area contributed by atoms with Crippen LogP contribution in [-0.4, -0.2) is 23.9 Å². The number of rotatable bonds is 6. The summed E-state index contributed by atoms with van der Waals surface area (Å²) >= 11 is 1.52. The molecule has 1 aromatic heterocycles. The molecular formula is C17H16N2O2S. The van der Waals surface area contributed by atoms with E-state index in [1.807, 2.05) is 55.5 Å². The van der Waals surface area contributed by atoms with Crippen LogP contribution < -0.4 is 10.1 Å². The molecule has 0 aliphatic carbocycles. The standard InChI is InChI=1S/C17H16N2O2S/c1-2-21-13-8-9-14-16(10-13)22-17(19-14)18-11-15(20)12-6-4-3-5-7-12/h3-10H,2,11H2,1H3,(H,18,19). The minimum absolute atomic E-state index is 0.0508. The molecule has 112 valence electrons. The second-order valence-electron chi connectivity index (χ2n) is 4.72. The maximum atomic E-state index is 12.1. The molecule has 0 spiro atoms. The van der Waals surface area contributed by atoms with Crippen molar-refractivity contribution >= 4 is 32.5 Å². The van der Waals surface area contributed by atoms with E-state index in [0.717, 1.165) is 21.1 Å². The van der Waals surface area contributed by atoms with Gasteiger partial charge in [-0.15, -0.1) is 0 Å². The largest absolute Gasteiger partial charge is 0.494 e. The number of carbonyl (C=O) groups is 1. The van der Waals surface area contributed by atoms with Crippen LogP contribution in [0.3, 0.4) is 0 Å². The Morgan fingerprint density at radius 1 is 1.23 bits per heavy atom. The molecular weight excluding hydrogens is 296 g/mol. The summed E-state index contributed by atoms with van der Waals surface area (Å²) in [5, 5.41) is 3.84. The molecule has 0 aliphatic heterocycles. The summed E-state index contributed by atoms with van der Waals surface area (Å²) in [6.45, 7) is 2.84. The number of thiazole rings is 1. The maximum Gasteiger partial charge on any atom is 0.184 e. The van der Waals surface area contributed by atoms with Crippen molar-refractivity contribution in [1.29, 1.82) is 0 Å². The highest BCUT2D eigenvalue weighted by Crippen LogP contribution is 2.29. The Hall–Kier alpha value is -2.40. The third-order valence-electron chi connectivity index (χ3n) is 3.17. The second-order valence-corrected chi connectivity index (χ2v) is 5.75. The number of hydrogen-bond donors (Lipinski definition) is 1.